The highest BCUT2D eigenvalue weighted by molar-refractivity contribution is 5.20. The summed E-state index contributed by atoms with van der Waals surface area (Å²) >= 11 is 0. The van der Waals surface area contributed by atoms with Crippen LogP contribution in [0.4, 0.5) is 8.78 Å². The average molecular weight is 345 g/mol. The highest BCUT2D eigenvalue weighted by Crippen LogP contribution is 2.35. The fourth-order valence-electron chi connectivity index (χ4n) is 3.20. The molecule has 0 saturated heterocycles. The van der Waals surface area contributed by atoms with E-state index in [1.54, 1.807) is 18.2 Å². The normalized spacial score (nSPS) is 22.8. The Morgan fingerprint density at radius 1 is 0.880 bits per heavy atom. The molecule has 0 amide bonds. The largest absolute Gasteiger partial charge is 0.378 e. The molecular formula is C21H25F2NO. The third-order valence-electron chi connectivity index (χ3n) is 4.91. The van der Waals surface area contributed by atoms with Gasteiger partial charge in [0, 0.05) is 12.8 Å². The number of nitrogens with zero attached hydrogens (tertiary/aromatic N) is 1. The number of halogens is 2. The van der Waals surface area contributed by atoms with Crippen LogP contribution in [0.25, 0.3) is 0 Å². The van der Waals surface area contributed by atoms with Crippen molar-refractivity contribution in [3.8, 4) is 0 Å². The summed E-state index contributed by atoms with van der Waals surface area (Å²) in [5.41, 5.74) is 1.29. The number of pyridine rings is 1. The van der Waals surface area contributed by atoms with E-state index >= 15 is 0 Å². The second-order valence-corrected chi connectivity index (χ2v) is 6.97. The van der Waals surface area contributed by atoms with Gasteiger partial charge in [0.2, 0.25) is 0 Å². The Bertz CT molecular complexity index is 620. The topological polar surface area (TPSA) is 22.1 Å². The van der Waals surface area contributed by atoms with Crippen molar-refractivity contribution in [1.29, 1.82) is 0 Å². The van der Waals surface area contributed by atoms with Gasteiger partial charge in [0.15, 0.2) is 0 Å². The first kappa shape index (κ1) is 18.0. The number of aromatic nitrogens is 1. The molecule has 2 nitrogen and oxygen atoms in total. The minimum Gasteiger partial charge on any atom is -0.378 e. The lowest BCUT2D eigenvalue weighted by Gasteiger charge is -2.28. The third-order valence-corrected chi connectivity index (χ3v) is 4.91. The van der Waals surface area contributed by atoms with Crippen LogP contribution in [0.2, 0.25) is 0 Å². The Morgan fingerprint density at radius 3 is 2.12 bits per heavy atom. The smallest absolute Gasteiger partial charge is 0.141 e. The van der Waals surface area contributed by atoms with Gasteiger partial charge in [0.25, 0.3) is 0 Å². The highest BCUT2D eigenvalue weighted by atomic mass is 19.1. The maximum Gasteiger partial charge on any atom is 0.141 e. The van der Waals surface area contributed by atoms with Crippen molar-refractivity contribution < 1.29 is 13.5 Å². The lowest BCUT2D eigenvalue weighted by atomic mass is 9.83. The molecule has 2 saturated carbocycles. The average Bonchev–Trinajstić information content (AvgIpc) is 3.47. The summed E-state index contributed by atoms with van der Waals surface area (Å²) in [6.45, 7) is 0.978. The maximum atomic E-state index is 12.9. The van der Waals surface area contributed by atoms with Gasteiger partial charge < -0.3 is 4.74 Å². The van der Waals surface area contributed by atoms with E-state index in [0.29, 0.717) is 12.0 Å². The summed E-state index contributed by atoms with van der Waals surface area (Å²) in [6, 6.07) is 9.93. The quantitative estimate of drug-likeness (QED) is 0.730. The second-order valence-electron chi connectivity index (χ2n) is 6.97. The number of hydrogen-bond acceptors (Lipinski definition) is 2. The fourth-order valence-corrected chi connectivity index (χ4v) is 3.20. The van der Waals surface area contributed by atoms with E-state index in [0.717, 1.165) is 25.4 Å². The molecule has 2 fully saturated rings. The van der Waals surface area contributed by atoms with Gasteiger partial charge in [-0.25, -0.2) is 8.78 Å². The van der Waals surface area contributed by atoms with Gasteiger partial charge in [-0.3, -0.25) is 4.98 Å². The second kappa shape index (κ2) is 9.04. The van der Waals surface area contributed by atoms with E-state index < -0.39 is 0 Å². The molecule has 0 spiro atoms. The zero-order valence-corrected chi connectivity index (χ0v) is 14.4. The third kappa shape index (κ3) is 6.20. The molecule has 0 bridgehead atoms. The van der Waals surface area contributed by atoms with Gasteiger partial charge in [-0.1, -0.05) is 12.1 Å². The molecule has 2 aliphatic carbocycles. The molecule has 4 heteroatoms. The Labute approximate surface area is 148 Å². The van der Waals surface area contributed by atoms with E-state index in [4.69, 9.17) is 4.74 Å². The fraction of sp³-hybridized carbons (Fsp3) is 0.476. The van der Waals surface area contributed by atoms with Crippen LogP contribution < -0.4 is 0 Å². The van der Waals surface area contributed by atoms with Crippen molar-refractivity contribution in [1.82, 2.24) is 4.98 Å². The molecular weight excluding hydrogens is 320 g/mol. The molecule has 1 aromatic heterocycles. The standard InChI is InChI=1S/C16H21FO.C5H4FN/c17-15-7-3-13(4-8-15)14-5-9-16(10-6-14)18-11-12-1-2-12;6-5-2-1-3-7-4-5/h3-4,7-8,12,14,16H,1-2,5-6,9-11H2;1-4H. The van der Waals surface area contributed by atoms with Crippen LogP contribution in [0.5, 0.6) is 0 Å². The predicted octanol–water partition coefficient (Wildman–Crippen LogP) is 5.50. The predicted molar refractivity (Wildman–Crippen MR) is 94.3 cm³/mol. The lowest BCUT2D eigenvalue weighted by molar-refractivity contribution is 0.0186. The summed E-state index contributed by atoms with van der Waals surface area (Å²) in [5, 5.41) is 0. The van der Waals surface area contributed by atoms with E-state index in [-0.39, 0.29) is 11.6 Å². The highest BCUT2D eigenvalue weighted by Gasteiger charge is 2.26. The van der Waals surface area contributed by atoms with Gasteiger partial charge in [-0.05, 0) is 80.2 Å². The molecule has 0 aliphatic heterocycles. The van der Waals surface area contributed by atoms with Crippen LogP contribution in [0.1, 0.15) is 50.0 Å². The molecule has 25 heavy (non-hydrogen) atoms. The van der Waals surface area contributed by atoms with Gasteiger partial charge in [0.05, 0.1) is 12.3 Å². The summed E-state index contributed by atoms with van der Waals surface area (Å²) in [6.07, 6.45) is 10.6. The van der Waals surface area contributed by atoms with Crippen LogP contribution in [-0.2, 0) is 4.74 Å². The summed E-state index contributed by atoms with van der Waals surface area (Å²) in [5.74, 6) is 1.04. The molecule has 4 rings (SSSR count). The molecule has 0 unspecified atom stereocenters. The molecule has 0 radical (unpaired) electrons. The van der Waals surface area contributed by atoms with E-state index in [1.807, 2.05) is 12.1 Å². The van der Waals surface area contributed by atoms with Gasteiger partial charge in [-0.15, -0.1) is 0 Å². The van der Waals surface area contributed by atoms with Crippen LogP contribution in [0.15, 0.2) is 48.8 Å². The first-order valence-electron chi connectivity index (χ1n) is 9.13. The Kier molecular flexibility index (Phi) is 6.51. The Morgan fingerprint density at radius 2 is 1.60 bits per heavy atom. The van der Waals surface area contributed by atoms with Gasteiger partial charge >= 0.3 is 0 Å². The lowest BCUT2D eigenvalue weighted by Crippen LogP contribution is -2.21. The zero-order valence-electron chi connectivity index (χ0n) is 14.4. The molecule has 0 N–H and O–H groups in total. The minimum absolute atomic E-state index is 0.139. The van der Waals surface area contributed by atoms with Gasteiger partial charge in [0.1, 0.15) is 11.6 Å². The number of benzene rings is 1. The first-order valence-corrected chi connectivity index (χ1v) is 9.13. The molecule has 1 aromatic carbocycles. The summed E-state index contributed by atoms with van der Waals surface area (Å²) < 4.78 is 30.7. The summed E-state index contributed by atoms with van der Waals surface area (Å²) in [4.78, 5) is 3.51. The zero-order chi connectivity index (χ0) is 17.5. The van der Waals surface area contributed by atoms with E-state index in [2.05, 4.69) is 4.98 Å². The Balaban J connectivity index is 0.000000219. The summed E-state index contributed by atoms with van der Waals surface area (Å²) in [7, 11) is 0. The van der Waals surface area contributed by atoms with Crippen molar-refractivity contribution >= 4 is 0 Å². The Hall–Kier alpha value is -1.81. The number of ether oxygens (including phenoxy) is 1. The van der Waals surface area contributed by atoms with E-state index in [1.165, 1.54) is 49.7 Å². The van der Waals surface area contributed by atoms with Crippen molar-refractivity contribution in [2.45, 2.75) is 50.5 Å². The molecule has 134 valence electrons. The maximum absolute atomic E-state index is 12.9. The first-order chi connectivity index (χ1) is 12.2. The van der Waals surface area contributed by atoms with Crippen LogP contribution in [0, 0.1) is 17.6 Å². The van der Waals surface area contributed by atoms with E-state index in [9.17, 15) is 8.78 Å². The number of rotatable bonds is 4. The van der Waals surface area contributed by atoms with Gasteiger partial charge in [-0.2, -0.15) is 0 Å². The molecule has 2 aromatic rings. The SMILES string of the molecule is Fc1ccc(C2CCC(OCC3CC3)CC2)cc1.Fc1cccnc1. The van der Waals surface area contributed by atoms with Crippen LogP contribution in [-0.4, -0.2) is 17.7 Å². The molecule has 1 heterocycles. The van der Waals surface area contributed by atoms with Crippen LogP contribution >= 0.6 is 0 Å². The number of hydrogen-bond donors (Lipinski definition) is 0. The van der Waals surface area contributed by atoms with Crippen molar-refractivity contribution in [2.24, 2.45) is 5.92 Å². The van der Waals surface area contributed by atoms with Crippen molar-refractivity contribution in [2.75, 3.05) is 6.61 Å². The molecule has 0 atom stereocenters. The van der Waals surface area contributed by atoms with Crippen molar-refractivity contribution in [3.05, 3.63) is 66.0 Å². The molecule has 2 aliphatic rings. The van der Waals surface area contributed by atoms with Crippen LogP contribution in [0.3, 0.4) is 0 Å². The van der Waals surface area contributed by atoms with Crippen molar-refractivity contribution in [3.63, 3.8) is 0 Å². The monoisotopic (exact) mass is 345 g/mol. The minimum atomic E-state index is -0.289.